The van der Waals surface area contributed by atoms with Crippen molar-refractivity contribution >= 4 is 11.8 Å². The molecule has 1 fully saturated rings. The average molecular weight is 193 g/mol. The van der Waals surface area contributed by atoms with Crippen LogP contribution in [0.1, 0.15) is 17.9 Å². The third-order valence-electron chi connectivity index (χ3n) is 2.30. The van der Waals surface area contributed by atoms with Gasteiger partial charge in [0.15, 0.2) is 0 Å². The Balaban J connectivity index is 2.03. The highest BCUT2D eigenvalue weighted by molar-refractivity contribution is 7.99. The maximum Gasteiger partial charge on any atom is 0.0789 e. The van der Waals surface area contributed by atoms with Gasteiger partial charge in [0.05, 0.1) is 5.37 Å². The molecule has 1 aliphatic heterocycles. The first-order chi connectivity index (χ1) is 6.36. The highest BCUT2D eigenvalue weighted by Crippen LogP contribution is 2.30. The van der Waals surface area contributed by atoms with E-state index in [0.717, 1.165) is 12.5 Å². The van der Waals surface area contributed by atoms with Crippen molar-refractivity contribution in [1.29, 1.82) is 0 Å². The molecule has 1 aliphatic rings. The van der Waals surface area contributed by atoms with Gasteiger partial charge in [0.2, 0.25) is 0 Å². The van der Waals surface area contributed by atoms with E-state index in [1.807, 2.05) is 11.8 Å². The van der Waals surface area contributed by atoms with Crippen LogP contribution in [0, 0.1) is 5.92 Å². The average Bonchev–Trinajstić information content (AvgIpc) is 2.20. The molecule has 70 valence electrons. The summed E-state index contributed by atoms with van der Waals surface area (Å²) in [5, 5.41) is 4.06. The van der Waals surface area contributed by atoms with Crippen molar-refractivity contribution in [1.82, 2.24) is 5.32 Å². The molecular formula is C11H15NS. The Morgan fingerprint density at radius 1 is 1.31 bits per heavy atom. The number of benzene rings is 1. The van der Waals surface area contributed by atoms with E-state index in [1.165, 1.54) is 11.3 Å². The van der Waals surface area contributed by atoms with Crippen LogP contribution in [0.5, 0.6) is 0 Å². The van der Waals surface area contributed by atoms with Gasteiger partial charge in [-0.25, -0.2) is 0 Å². The van der Waals surface area contributed by atoms with Crippen LogP contribution in [-0.4, -0.2) is 12.3 Å². The van der Waals surface area contributed by atoms with E-state index in [0.29, 0.717) is 5.37 Å². The first-order valence-corrected chi connectivity index (χ1v) is 5.81. The first kappa shape index (κ1) is 9.10. The van der Waals surface area contributed by atoms with Gasteiger partial charge in [-0.05, 0) is 23.8 Å². The summed E-state index contributed by atoms with van der Waals surface area (Å²) in [6.07, 6.45) is 0. The highest BCUT2D eigenvalue weighted by Gasteiger charge is 2.18. The predicted molar refractivity (Wildman–Crippen MR) is 58.8 cm³/mol. The van der Waals surface area contributed by atoms with Gasteiger partial charge < -0.3 is 5.32 Å². The van der Waals surface area contributed by atoms with E-state index in [1.54, 1.807) is 0 Å². The Morgan fingerprint density at radius 3 is 2.69 bits per heavy atom. The van der Waals surface area contributed by atoms with Crippen LogP contribution < -0.4 is 5.32 Å². The molecule has 1 aromatic carbocycles. The Bertz CT molecular complexity index is 252. The lowest BCUT2D eigenvalue weighted by atomic mass is 10.2. The molecule has 1 nitrogen and oxygen atoms in total. The third kappa shape index (κ3) is 2.26. The van der Waals surface area contributed by atoms with Crippen molar-refractivity contribution in [2.45, 2.75) is 12.3 Å². The summed E-state index contributed by atoms with van der Waals surface area (Å²) in [5.74, 6) is 2.08. The molecule has 0 radical (unpaired) electrons. The van der Waals surface area contributed by atoms with E-state index in [9.17, 15) is 0 Å². The molecule has 2 atom stereocenters. The maximum atomic E-state index is 3.55. The minimum Gasteiger partial charge on any atom is -0.301 e. The molecule has 1 aromatic rings. The molecule has 13 heavy (non-hydrogen) atoms. The van der Waals surface area contributed by atoms with Gasteiger partial charge in [-0.1, -0.05) is 37.3 Å². The van der Waals surface area contributed by atoms with E-state index in [2.05, 4.69) is 42.6 Å². The minimum absolute atomic E-state index is 0.511. The summed E-state index contributed by atoms with van der Waals surface area (Å²) in [7, 11) is 0. The lowest BCUT2D eigenvalue weighted by Gasteiger charge is -2.27. The second-order valence-electron chi connectivity index (χ2n) is 3.64. The van der Waals surface area contributed by atoms with Crippen molar-refractivity contribution in [3.63, 3.8) is 0 Å². The smallest absolute Gasteiger partial charge is 0.0789 e. The summed E-state index contributed by atoms with van der Waals surface area (Å²) in [6, 6.07) is 10.7. The van der Waals surface area contributed by atoms with Crippen LogP contribution in [0.2, 0.25) is 0 Å². The predicted octanol–water partition coefficient (Wildman–Crippen LogP) is 2.66. The van der Waals surface area contributed by atoms with Gasteiger partial charge >= 0.3 is 0 Å². The molecule has 0 saturated carbocycles. The van der Waals surface area contributed by atoms with Gasteiger partial charge in [-0.2, -0.15) is 0 Å². The highest BCUT2D eigenvalue weighted by atomic mass is 32.2. The van der Waals surface area contributed by atoms with Crippen LogP contribution in [0.15, 0.2) is 30.3 Å². The first-order valence-electron chi connectivity index (χ1n) is 4.76. The van der Waals surface area contributed by atoms with E-state index >= 15 is 0 Å². The summed E-state index contributed by atoms with van der Waals surface area (Å²) < 4.78 is 0. The number of rotatable bonds is 1. The van der Waals surface area contributed by atoms with Gasteiger partial charge in [-0.3, -0.25) is 0 Å². The van der Waals surface area contributed by atoms with Crippen molar-refractivity contribution in [2.24, 2.45) is 5.92 Å². The normalized spacial score (nSPS) is 28.7. The fraction of sp³-hybridized carbons (Fsp3) is 0.455. The number of thioether (sulfide) groups is 1. The van der Waals surface area contributed by atoms with Crippen molar-refractivity contribution in [3.05, 3.63) is 35.9 Å². The van der Waals surface area contributed by atoms with E-state index in [-0.39, 0.29) is 0 Å². The molecule has 0 amide bonds. The summed E-state index contributed by atoms with van der Waals surface area (Å²) in [4.78, 5) is 0. The Kier molecular flexibility index (Phi) is 2.91. The quantitative estimate of drug-likeness (QED) is 0.736. The Labute approximate surface area is 83.9 Å². The lowest BCUT2D eigenvalue weighted by molar-refractivity contribution is 0.529. The maximum absolute atomic E-state index is 3.55. The molecule has 2 unspecified atom stereocenters. The summed E-state index contributed by atoms with van der Waals surface area (Å²) in [6.45, 7) is 3.44. The fourth-order valence-corrected chi connectivity index (χ4v) is 2.73. The monoisotopic (exact) mass is 193 g/mol. The van der Waals surface area contributed by atoms with Crippen LogP contribution >= 0.6 is 11.8 Å². The number of nitrogens with one attached hydrogen (secondary N) is 1. The third-order valence-corrected chi connectivity index (χ3v) is 3.84. The second-order valence-corrected chi connectivity index (χ2v) is 4.78. The fourth-order valence-electron chi connectivity index (χ4n) is 1.53. The largest absolute Gasteiger partial charge is 0.301 e. The van der Waals surface area contributed by atoms with Gasteiger partial charge in [0.1, 0.15) is 0 Å². The standard InChI is InChI=1S/C11H15NS/c1-9-7-12-11(13-8-9)10-5-3-2-4-6-10/h2-6,9,11-12H,7-8H2,1H3. The topological polar surface area (TPSA) is 12.0 Å². The molecular weight excluding hydrogens is 178 g/mol. The number of hydrogen-bond donors (Lipinski definition) is 1. The molecule has 0 aliphatic carbocycles. The van der Waals surface area contributed by atoms with E-state index in [4.69, 9.17) is 0 Å². The van der Waals surface area contributed by atoms with Crippen molar-refractivity contribution in [2.75, 3.05) is 12.3 Å². The molecule has 0 aromatic heterocycles. The van der Waals surface area contributed by atoms with E-state index < -0.39 is 0 Å². The summed E-state index contributed by atoms with van der Waals surface area (Å²) in [5.41, 5.74) is 1.40. The SMILES string of the molecule is CC1CNC(c2ccccc2)SC1. The van der Waals surface area contributed by atoms with Crippen molar-refractivity contribution < 1.29 is 0 Å². The molecule has 2 rings (SSSR count). The zero-order valence-corrected chi connectivity index (χ0v) is 8.68. The lowest BCUT2D eigenvalue weighted by Crippen LogP contribution is -2.31. The summed E-state index contributed by atoms with van der Waals surface area (Å²) >= 11 is 2.01. The van der Waals surface area contributed by atoms with Gasteiger partial charge in [0.25, 0.3) is 0 Å². The zero-order valence-electron chi connectivity index (χ0n) is 7.86. The second kappa shape index (κ2) is 4.16. The van der Waals surface area contributed by atoms with Crippen LogP contribution in [0.3, 0.4) is 0 Å². The number of hydrogen-bond acceptors (Lipinski definition) is 2. The van der Waals surface area contributed by atoms with Crippen LogP contribution in [0.25, 0.3) is 0 Å². The van der Waals surface area contributed by atoms with Gasteiger partial charge in [-0.15, -0.1) is 11.8 Å². The van der Waals surface area contributed by atoms with Crippen molar-refractivity contribution in [3.8, 4) is 0 Å². The molecule has 1 saturated heterocycles. The Morgan fingerprint density at radius 2 is 2.08 bits per heavy atom. The molecule has 1 heterocycles. The zero-order chi connectivity index (χ0) is 9.10. The molecule has 1 N–H and O–H groups in total. The van der Waals surface area contributed by atoms with Crippen LogP contribution in [-0.2, 0) is 0 Å². The Hall–Kier alpha value is -0.470. The van der Waals surface area contributed by atoms with Crippen LogP contribution in [0.4, 0.5) is 0 Å². The van der Waals surface area contributed by atoms with Gasteiger partial charge in [0, 0.05) is 0 Å². The molecule has 0 spiro atoms. The molecule has 2 heteroatoms. The molecule has 0 bridgehead atoms. The minimum atomic E-state index is 0.511.